The number of alkyl halides is 3. The molecule has 1 aromatic heterocycles. The standard InChI is InChI=1S/C21H20F3N3O5S/c1-30-16-6-4-14(5-7-16)20-25-19(26-32-20)15-3-2-12-27(13-15)33(28,29)18-10-8-17(9-11-18)31-21(22,23)24/h4-11,15H,2-3,12-13H2,1H3. The number of hydrogen-bond donors (Lipinski definition) is 0. The van der Waals surface area contributed by atoms with Crippen molar-refractivity contribution in [1.82, 2.24) is 14.4 Å². The second-order valence-electron chi connectivity index (χ2n) is 7.41. The van der Waals surface area contributed by atoms with Gasteiger partial charge in [0.1, 0.15) is 11.5 Å². The van der Waals surface area contributed by atoms with Crippen LogP contribution in [0.25, 0.3) is 11.5 Å². The van der Waals surface area contributed by atoms with E-state index in [1.165, 1.54) is 4.31 Å². The molecular formula is C21H20F3N3O5S. The highest BCUT2D eigenvalue weighted by molar-refractivity contribution is 7.89. The van der Waals surface area contributed by atoms with Crippen LogP contribution in [0.2, 0.25) is 0 Å². The fourth-order valence-corrected chi connectivity index (χ4v) is 5.11. The topological polar surface area (TPSA) is 94.8 Å². The lowest BCUT2D eigenvalue weighted by Crippen LogP contribution is -2.39. The molecule has 0 spiro atoms. The highest BCUT2D eigenvalue weighted by Gasteiger charge is 2.34. The Morgan fingerprint density at radius 3 is 2.36 bits per heavy atom. The molecule has 0 aliphatic carbocycles. The van der Waals surface area contributed by atoms with Gasteiger partial charge in [-0.1, -0.05) is 5.16 Å². The van der Waals surface area contributed by atoms with Crippen molar-refractivity contribution in [3.8, 4) is 23.0 Å². The molecule has 0 N–H and O–H groups in total. The van der Waals surface area contributed by atoms with Crippen LogP contribution in [0.5, 0.6) is 11.5 Å². The summed E-state index contributed by atoms with van der Waals surface area (Å²) < 4.78 is 78.7. The number of halogens is 3. The third-order valence-corrected chi connectivity index (χ3v) is 7.10. The van der Waals surface area contributed by atoms with Crippen molar-refractivity contribution in [2.45, 2.75) is 30.0 Å². The smallest absolute Gasteiger partial charge is 0.497 e. The van der Waals surface area contributed by atoms with Gasteiger partial charge in [-0.05, 0) is 61.4 Å². The highest BCUT2D eigenvalue weighted by atomic mass is 32.2. The summed E-state index contributed by atoms with van der Waals surface area (Å²) in [5.74, 6) is 0.625. The molecule has 3 aromatic rings. The number of rotatable bonds is 6. The van der Waals surface area contributed by atoms with Crippen LogP contribution < -0.4 is 9.47 Å². The van der Waals surface area contributed by atoms with Crippen molar-refractivity contribution >= 4 is 10.0 Å². The molecule has 1 aliphatic rings. The van der Waals surface area contributed by atoms with Crippen molar-refractivity contribution < 1.29 is 35.6 Å². The summed E-state index contributed by atoms with van der Waals surface area (Å²) in [5, 5.41) is 4.03. The summed E-state index contributed by atoms with van der Waals surface area (Å²) >= 11 is 0. The summed E-state index contributed by atoms with van der Waals surface area (Å²) in [6, 6.07) is 11.2. The molecule has 2 heterocycles. The molecule has 1 atom stereocenters. The lowest BCUT2D eigenvalue weighted by Gasteiger charge is -2.30. The molecule has 0 radical (unpaired) electrons. The molecule has 0 saturated carbocycles. The van der Waals surface area contributed by atoms with Crippen LogP contribution in [0, 0.1) is 0 Å². The third kappa shape index (κ3) is 5.28. The number of benzene rings is 2. The number of ether oxygens (including phenoxy) is 2. The summed E-state index contributed by atoms with van der Waals surface area (Å²) in [6.07, 6.45) is -3.60. The number of sulfonamides is 1. The minimum absolute atomic E-state index is 0.121. The molecule has 0 bridgehead atoms. The van der Waals surface area contributed by atoms with Crippen LogP contribution >= 0.6 is 0 Å². The van der Waals surface area contributed by atoms with Gasteiger partial charge in [-0.25, -0.2) is 8.42 Å². The summed E-state index contributed by atoms with van der Waals surface area (Å²) in [4.78, 5) is 4.31. The molecule has 1 saturated heterocycles. The Bertz CT molecular complexity index is 1200. The van der Waals surface area contributed by atoms with Gasteiger partial charge in [-0.3, -0.25) is 0 Å². The molecule has 1 fully saturated rings. The lowest BCUT2D eigenvalue weighted by molar-refractivity contribution is -0.274. The van der Waals surface area contributed by atoms with Gasteiger partial charge < -0.3 is 14.0 Å². The maximum Gasteiger partial charge on any atom is 0.573 e. The van der Waals surface area contributed by atoms with Crippen LogP contribution in [0.3, 0.4) is 0 Å². The van der Waals surface area contributed by atoms with Gasteiger partial charge in [0.25, 0.3) is 5.89 Å². The van der Waals surface area contributed by atoms with E-state index in [1.807, 2.05) is 0 Å². The Kier molecular flexibility index (Phi) is 6.30. The zero-order chi connectivity index (χ0) is 23.6. The van der Waals surface area contributed by atoms with E-state index < -0.39 is 22.1 Å². The van der Waals surface area contributed by atoms with Gasteiger partial charge in [-0.15, -0.1) is 13.2 Å². The SMILES string of the molecule is COc1ccc(-c2nc(C3CCCN(S(=O)(=O)c4ccc(OC(F)(F)F)cc4)C3)no2)cc1. The Morgan fingerprint density at radius 1 is 1.06 bits per heavy atom. The van der Waals surface area contributed by atoms with Gasteiger partial charge >= 0.3 is 6.36 Å². The number of piperidine rings is 1. The second-order valence-corrected chi connectivity index (χ2v) is 9.35. The minimum atomic E-state index is -4.85. The van der Waals surface area contributed by atoms with E-state index >= 15 is 0 Å². The highest BCUT2D eigenvalue weighted by Crippen LogP contribution is 2.31. The van der Waals surface area contributed by atoms with Gasteiger partial charge in [0.05, 0.1) is 12.0 Å². The number of nitrogens with zero attached hydrogens (tertiary/aromatic N) is 3. The van der Waals surface area contributed by atoms with Crippen molar-refractivity contribution in [3.05, 3.63) is 54.4 Å². The van der Waals surface area contributed by atoms with E-state index in [0.717, 1.165) is 24.3 Å². The molecular weight excluding hydrogens is 463 g/mol. The molecule has 12 heteroatoms. The minimum Gasteiger partial charge on any atom is -0.497 e. The van der Waals surface area contributed by atoms with Crippen LogP contribution in [-0.2, 0) is 10.0 Å². The molecule has 8 nitrogen and oxygen atoms in total. The first-order valence-corrected chi connectivity index (χ1v) is 11.4. The molecule has 2 aromatic carbocycles. The van der Waals surface area contributed by atoms with Crippen LogP contribution in [0.4, 0.5) is 13.2 Å². The zero-order valence-electron chi connectivity index (χ0n) is 17.4. The molecule has 176 valence electrons. The summed E-state index contributed by atoms with van der Waals surface area (Å²) in [7, 11) is -2.36. The maximum atomic E-state index is 13.0. The average molecular weight is 483 g/mol. The fourth-order valence-electron chi connectivity index (χ4n) is 3.59. The fraction of sp³-hybridized carbons (Fsp3) is 0.333. The van der Waals surface area contributed by atoms with E-state index in [0.29, 0.717) is 35.9 Å². The lowest BCUT2D eigenvalue weighted by atomic mass is 9.99. The molecule has 1 aliphatic heterocycles. The predicted octanol–water partition coefficient (Wildman–Crippen LogP) is 4.21. The van der Waals surface area contributed by atoms with E-state index in [-0.39, 0.29) is 23.9 Å². The number of methoxy groups -OCH3 is 1. The van der Waals surface area contributed by atoms with Gasteiger partial charge in [0, 0.05) is 24.6 Å². The largest absolute Gasteiger partial charge is 0.573 e. The van der Waals surface area contributed by atoms with E-state index in [2.05, 4.69) is 14.9 Å². The maximum absolute atomic E-state index is 13.0. The third-order valence-electron chi connectivity index (χ3n) is 5.22. The van der Waals surface area contributed by atoms with Crippen molar-refractivity contribution in [2.75, 3.05) is 20.2 Å². The van der Waals surface area contributed by atoms with E-state index in [1.54, 1.807) is 31.4 Å². The molecule has 33 heavy (non-hydrogen) atoms. The Hall–Kier alpha value is -3.12. The quantitative estimate of drug-likeness (QED) is 0.518. The molecule has 4 rings (SSSR count). The number of aromatic nitrogens is 2. The van der Waals surface area contributed by atoms with E-state index in [4.69, 9.17) is 9.26 Å². The average Bonchev–Trinajstić information content (AvgIpc) is 3.29. The first-order chi connectivity index (χ1) is 15.7. The van der Waals surface area contributed by atoms with Gasteiger partial charge in [-0.2, -0.15) is 9.29 Å². The van der Waals surface area contributed by atoms with Crippen LogP contribution in [0.1, 0.15) is 24.6 Å². The first-order valence-electron chi connectivity index (χ1n) is 10.00. The summed E-state index contributed by atoms with van der Waals surface area (Å²) in [6.45, 7) is 0.410. The predicted molar refractivity (Wildman–Crippen MR) is 110 cm³/mol. The Balaban J connectivity index is 1.48. The van der Waals surface area contributed by atoms with Gasteiger partial charge in [0.15, 0.2) is 5.82 Å². The normalized spacial score (nSPS) is 17.6. The van der Waals surface area contributed by atoms with Crippen LogP contribution in [-0.4, -0.2) is 49.4 Å². The van der Waals surface area contributed by atoms with Crippen LogP contribution in [0.15, 0.2) is 57.9 Å². The monoisotopic (exact) mass is 483 g/mol. The first kappa shape index (κ1) is 23.1. The van der Waals surface area contributed by atoms with E-state index in [9.17, 15) is 21.6 Å². The van der Waals surface area contributed by atoms with Gasteiger partial charge in [0.2, 0.25) is 10.0 Å². The van der Waals surface area contributed by atoms with Crippen molar-refractivity contribution in [3.63, 3.8) is 0 Å². The summed E-state index contributed by atoms with van der Waals surface area (Å²) in [5.41, 5.74) is 0.705. The second kappa shape index (κ2) is 9.02. The van der Waals surface area contributed by atoms with Crippen molar-refractivity contribution in [1.29, 1.82) is 0 Å². The zero-order valence-corrected chi connectivity index (χ0v) is 18.3. The molecule has 1 unspecified atom stereocenters. The Labute approximate surface area is 188 Å². The Morgan fingerprint density at radius 2 is 1.73 bits per heavy atom. The van der Waals surface area contributed by atoms with Crippen molar-refractivity contribution in [2.24, 2.45) is 0 Å². The number of hydrogen-bond acceptors (Lipinski definition) is 7. The molecule has 0 amide bonds.